The molecule has 0 radical (unpaired) electrons. The molecule has 0 unspecified atom stereocenters. The average Bonchev–Trinajstić information content (AvgIpc) is 2.33. The molecule has 3 heteroatoms. The molecule has 1 aliphatic heterocycles. The van der Waals surface area contributed by atoms with Crippen LogP contribution in [0, 0.1) is 5.92 Å². The lowest BCUT2D eigenvalue weighted by Crippen LogP contribution is -2.51. The van der Waals surface area contributed by atoms with Crippen molar-refractivity contribution in [3.05, 3.63) is 35.9 Å². The number of aliphatic carboxylic acids is 1. The highest BCUT2D eigenvalue weighted by Crippen LogP contribution is 2.31. The zero-order chi connectivity index (χ0) is 13.2. The average molecular weight is 247 g/mol. The molecule has 0 saturated carbocycles. The van der Waals surface area contributed by atoms with Crippen molar-refractivity contribution >= 4 is 5.97 Å². The lowest BCUT2D eigenvalue weighted by atomic mass is 9.84. The van der Waals surface area contributed by atoms with Gasteiger partial charge in [0.05, 0.1) is 5.92 Å². The minimum absolute atomic E-state index is 0.0851. The molecular weight excluding hydrogens is 226 g/mol. The van der Waals surface area contributed by atoms with Gasteiger partial charge in [-0.1, -0.05) is 30.3 Å². The predicted octanol–water partition coefficient (Wildman–Crippen LogP) is 2.76. The number of carboxylic acids is 1. The van der Waals surface area contributed by atoms with Gasteiger partial charge in [0.15, 0.2) is 0 Å². The lowest BCUT2D eigenvalue weighted by molar-refractivity contribution is -0.145. The number of nitrogens with zero attached hydrogens (tertiary/aromatic N) is 1. The molecule has 1 aromatic carbocycles. The van der Waals surface area contributed by atoms with E-state index in [0.29, 0.717) is 6.54 Å². The van der Waals surface area contributed by atoms with Gasteiger partial charge < -0.3 is 5.11 Å². The standard InChI is InChI=1S/C15H21NO2/c1-15(2)9-8-13(14(17)18)11-16(15)10-12-6-4-3-5-7-12/h3-7,13H,8-11H2,1-2H3,(H,17,18)/t13-/m1/s1. The highest BCUT2D eigenvalue weighted by molar-refractivity contribution is 5.70. The highest BCUT2D eigenvalue weighted by atomic mass is 16.4. The van der Waals surface area contributed by atoms with Crippen LogP contribution in [-0.4, -0.2) is 28.1 Å². The van der Waals surface area contributed by atoms with Gasteiger partial charge in [0.2, 0.25) is 0 Å². The van der Waals surface area contributed by atoms with Crippen molar-refractivity contribution in [3.8, 4) is 0 Å². The number of benzene rings is 1. The zero-order valence-electron chi connectivity index (χ0n) is 11.1. The van der Waals surface area contributed by atoms with E-state index in [4.69, 9.17) is 5.11 Å². The van der Waals surface area contributed by atoms with Crippen molar-refractivity contribution in [2.75, 3.05) is 6.54 Å². The molecule has 1 N–H and O–H groups in total. The summed E-state index contributed by atoms with van der Waals surface area (Å²) in [5, 5.41) is 9.17. The SMILES string of the molecule is CC1(C)CC[C@@H](C(=O)O)CN1Cc1ccccc1. The molecule has 1 aromatic rings. The summed E-state index contributed by atoms with van der Waals surface area (Å²) in [4.78, 5) is 13.4. The molecule has 3 nitrogen and oxygen atoms in total. The summed E-state index contributed by atoms with van der Waals surface area (Å²) in [7, 11) is 0. The van der Waals surface area contributed by atoms with Crippen LogP contribution in [0.15, 0.2) is 30.3 Å². The minimum Gasteiger partial charge on any atom is -0.481 e. The van der Waals surface area contributed by atoms with Gasteiger partial charge in [-0.2, -0.15) is 0 Å². The summed E-state index contributed by atoms with van der Waals surface area (Å²) >= 11 is 0. The van der Waals surface area contributed by atoms with E-state index in [-0.39, 0.29) is 11.5 Å². The molecule has 0 bridgehead atoms. The Kier molecular flexibility index (Phi) is 3.71. The van der Waals surface area contributed by atoms with Crippen molar-refractivity contribution in [2.45, 2.75) is 38.8 Å². The number of rotatable bonds is 3. The number of piperidine rings is 1. The molecule has 0 amide bonds. The highest BCUT2D eigenvalue weighted by Gasteiger charge is 2.36. The summed E-state index contributed by atoms with van der Waals surface area (Å²) in [6.07, 6.45) is 1.73. The summed E-state index contributed by atoms with van der Waals surface area (Å²) in [5.74, 6) is -0.884. The van der Waals surface area contributed by atoms with Crippen LogP contribution < -0.4 is 0 Å². The van der Waals surface area contributed by atoms with Crippen LogP contribution in [0.25, 0.3) is 0 Å². The third kappa shape index (κ3) is 2.91. The maximum Gasteiger partial charge on any atom is 0.307 e. The minimum atomic E-state index is -0.663. The van der Waals surface area contributed by atoms with E-state index < -0.39 is 5.97 Å². The van der Waals surface area contributed by atoms with E-state index in [0.717, 1.165) is 19.4 Å². The monoisotopic (exact) mass is 247 g/mol. The molecule has 2 rings (SSSR count). The van der Waals surface area contributed by atoms with Gasteiger partial charge in [0.1, 0.15) is 0 Å². The molecule has 18 heavy (non-hydrogen) atoms. The van der Waals surface area contributed by atoms with Crippen LogP contribution in [0.4, 0.5) is 0 Å². The Morgan fingerprint density at radius 1 is 1.39 bits per heavy atom. The quantitative estimate of drug-likeness (QED) is 0.893. The van der Waals surface area contributed by atoms with Crippen LogP contribution in [0.2, 0.25) is 0 Å². The van der Waals surface area contributed by atoms with Crippen LogP contribution in [0.1, 0.15) is 32.3 Å². The van der Waals surface area contributed by atoms with Crippen molar-refractivity contribution in [3.63, 3.8) is 0 Å². The summed E-state index contributed by atoms with van der Waals surface area (Å²) < 4.78 is 0. The Labute approximate surface area is 108 Å². The Morgan fingerprint density at radius 2 is 2.06 bits per heavy atom. The predicted molar refractivity (Wildman–Crippen MR) is 71.3 cm³/mol. The first-order valence-electron chi connectivity index (χ1n) is 6.51. The molecule has 1 heterocycles. The topological polar surface area (TPSA) is 40.5 Å². The van der Waals surface area contributed by atoms with Crippen LogP contribution >= 0.6 is 0 Å². The second-order valence-electron chi connectivity index (χ2n) is 5.75. The number of carbonyl (C=O) groups is 1. The van der Waals surface area contributed by atoms with Crippen LogP contribution in [-0.2, 0) is 11.3 Å². The van der Waals surface area contributed by atoms with Gasteiger partial charge in [0.25, 0.3) is 0 Å². The Morgan fingerprint density at radius 3 is 2.67 bits per heavy atom. The van der Waals surface area contributed by atoms with E-state index in [1.165, 1.54) is 5.56 Å². The van der Waals surface area contributed by atoms with Gasteiger partial charge >= 0.3 is 5.97 Å². The normalized spacial score (nSPS) is 23.8. The van der Waals surface area contributed by atoms with Crippen molar-refractivity contribution in [2.24, 2.45) is 5.92 Å². The van der Waals surface area contributed by atoms with E-state index >= 15 is 0 Å². The van der Waals surface area contributed by atoms with E-state index in [1.807, 2.05) is 18.2 Å². The molecular formula is C15H21NO2. The molecule has 0 aromatic heterocycles. The molecule has 1 atom stereocenters. The van der Waals surface area contributed by atoms with Crippen LogP contribution in [0.5, 0.6) is 0 Å². The molecule has 1 saturated heterocycles. The van der Waals surface area contributed by atoms with E-state index in [9.17, 15) is 4.79 Å². The van der Waals surface area contributed by atoms with Gasteiger partial charge in [0, 0.05) is 18.6 Å². The molecule has 98 valence electrons. The van der Waals surface area contributed by atoms with Gasteiger partial charge in [-0.15, -0.1) is 0 Å². The first-order valence-corrected chi connectivity index (χ1v) is 6.51. The third-order valence-corrected chi connectivity index (χ3v) is 3.97. The number of likely N-dealkylation sites (tertiary alicyclic amines) is 1. The Bertz CT molecular complexity index is 414. The maximum atomic E-state index is 11.1. The number of carboxylic acid groups (broad SMARTS) is 1. The summed E-state index contributed by atoms with van der Waals surface area (Å²) in [6.45, 7) is 5.89. The Balaban J connectivity index is 2.10. The Hall–Kier alpha value is -1.35. The summed E-state index contributed by atoms with van der Waals surface area (Å²) in [6, 6.07) is 10.3. The fourth-order valence-electron chi connectivity index (χ4n) is 2.57. The third-order valence-electron chi connectivity index (χ3n) is 3.97. The van der Waals surface area contributed by atoms with Gasteiger partial charge in [-0.05, 0) is 32.3 Å². The molecule has 0 spiro atoms. The fourth-order valence-corrected chi connectivity index (χ4v) is 2.57. The lowest BCUT2D eigenvalue weighted by Gasteiger charge is -2.44. The number of hydrogen-bond donors (Lipinski definition) is 1. The number of hydrogen-bond acceptors (Lipinski definition) is 2. The fraction of sp³-hybridized carbons (Fsp3) is 0.533. The smallest absolute Gasteiger partial charge is 0.307 e. The second kappa shape index (κ2) is 5.11. The van der Waals surface area contributed by atoms with Gasteiger partial charge in [-0.3, -0.25) is 9.69 Å². The maximum absolute atomic E-state index is 11.1. The van der Waals surface area contributed by atoms with Crippen LogP contribution in [0.3, 0.4) is 0 Å². The van der Waals surface area contributed by atoms with Crippen molar-refractivity contribution in [1.82, 2.24) is 4.90 Å². The second-order valence-corrected chi connectivity index (χ2v) is 5.75. The summed E-state index contributed by atoms with van der Waals surface area (Å²) in [5.41, 5.74) is 1.33. The largest absolute Gasteiger partial charge is 0.481 e. The van der Waals surface area contributed by atoms with Crippen molar-refractivity contribution in [1.29, 1.82) is 0 Å². The molecule has 0 aliphatic carbocycles. The van der Waals surface area contributed by atoms with Crippen molar-refractivity contribution < 1.29 is 9.90 Å². The molecule has 1 fully saturated rings. The molecule has 1 aliphatic rings. The zero-order valence-corrected chi connectivity index (χ0v) is 11.1. The first kappa shape index (κ1) is 13.1. The van der Waals surface area contributed by atoms with Gasteiger partial charge in [-0.25, -0.2) is 0 Å². The first-order chi connectivity index (χ1) is 8.49. The van der Waals surface area contributed by atoms with E-state index in [1.54, 1.807) is 0 Å². The van der Waals surface area contributed by atoms with E-state index in [2.05, 4.69) is 30.9 Å².